The van der Waals surface area contributed by atoms with E-state index in [9.17, 15) is 9.59 Å². The molecule has 2 N–H and O–H groups in total. The van der Waals surface area contributed by atoms with E-state index in [2.05, 4.69) is 17.6 Å². The lowest BCUT2D eigenvalue weighted by Crippen LogP contribution is -2.33. The van der Waals surface area contributed by atoms with Crippen molar-refractivity contribution in [2.24, 2.45) is 5.92 Å². The first-order valence-corrected chi connectivity index (χ1v) is 9.10. The SMILES string of the molecule is CCCN(Cc1cc(NC(=O)NCC)ccc1N(C)C)C(=O)C1CC1. The fourth-order valence-electron chi connectivity index (χ4n) is 2.89. The average molecular weight is 346 g/mol. The topological polar surface area (TPSA) is 64.7 Å². The van der Waals surface area contributed by atoms with E-state index in [-0.39, 0.29) is 17.9 Å². The summed E-state index contributed by atoms with van der Waals surface area (Å²) >= 11 is 0. The molecule has 0 aliphatic heterocycles. The maximum atomic E-state index is 12.6. The second-order valence-electron chi connectivity index (χ2n) is 6.76. The second kappa shape index (κ2) is 8.74. The van der Waals surface area contributed by atoms with Gasteiger partial charge in [-0.1, -0.05) is 6.92 Å². The van der Waals surface area contributed by atoms with Gasteiger partial charge < -0.3 is 20.4 Å². The van der Waals surface area contributed by atoms with Crippen LogP contribution in [-0.4, -0.2) is 44.0 Å². The summed E-state index contributed by atoms with van der Waals surface area (Å²) in [6.45, 7) is 5.88. The van der Waals surface area contributed by atoms with Crippen molar-refractivity contribution in [2.75, 3.05) is 37.4 Å². The summed E-state index contributed by atoms with van der Waals surface area (Å²) in [6, 6.07) is 5.63. The summed E-state index contributed by atoms with van der Waals surface area (Å²) in [5, 5.41) is 5.58. The van der Waals surface area contributed by atoms with Crippen molar-refractivity contribution in [2.45, 2.75) is 39.7 Å². The molecule has 138 valence electrons. The minimum atomic E-state index is -0.217. The third-order valence-corrected chi connectivity index (χ3v) is 4.25. The number of carbonyl (C=O) groups excluding carboxylic acids is 2. The van der Waals surface area contributed by atoms with E-state index >= 15 is 0 Å². The molecule has 1 aliphatic rings. The minimum absolute atomic E-state index is 0.214. The fraction of sp³-hybridized carbons (Fsp3) is 0.579. The number of urea groups is 1. The molecule has 6 nitrogen and oxygen atoms in total. The highest BCUT2D eigenvalue weighted by molar-refractivity contribution is 5.89. The highest BCUT2D eigenvalue weighted by atomic mass is 16.2. The lowest BCUT2D eigenvalue weighted by molar-refractivity contribution is -0.133. The number of hydrogen-bond acceptors (Lipinski definition) is 3. The summed E-state index contributed by atoms with van der Waals surface area (Å²) in [7, 11) is 3.98. The van der Waals surface area contributed by atoms with E-state index in [0.29, 0.717) is 13.1 Å². The van der Waals surface area contributed by atoms with Gasteiger partial charge in [0, 0.05) is 51.0 Å². The molecular formula is C19H30N4O2. The number of hydrogen-bond donors (Lipinski definition) is 2. The Morgan fingerprint density at radius 1 is 1.20 bits per heavy atom. The average Bonchev–Trinajstić information content (AvgIpc) is 3.39. The molecule has 1 aliphatic carbocycles. The molecule has 0 spiro atoms. The van der Waals surface area contributed by atoms with E-state index in [1.54, 1.807) is 0 Å². The van der Waals surface area contributed by atoms with Crippen LogP contribution in [0.2, 0.25) is 0 Å². The van der Waals surface area contributed by atoms with Crippen LogP contribution in [0.1, 0.15) is 38.7 Å². The lowest BCUT2D eigenvalue weighted by Gasteiger charge is -2.26. The predicted molar refractivity (Wildman–Crippen MR) is 102 cm³/mol. The first kappa shape index (κ1) is 19.1. The highest BCUT2D eigenvalue weighted by Gasteiger charge is 2.33. The molecule has 1 saturated carbocycles. The van der Waals surface area contributed by atoms with Crippen molar-refractivity contribution < 1.29 is 9.59 Å². The van der Waals surface area contributed by atoms with Crippen LogP contribution in [0.25, 0.3) is 0 Å². The number of benzene rings is 1. The smallest absolute Gasteiger partial charge is 0.319 e. The van der Waals surface area contributed by atoms with Gasteiger partial charge >= 0.3 is 6.03 Å². The molecule has 2 rings (SSSR count). The Labute approximate surface area is 150 Å². The molecule has 0 bridgehead atoms. The van der Waals surface area contributed by atoms with Gasteiger partial charge in [-0.2, -0.15) is 0 Å². The molecule has 0 aromatic heterocycles. The Morgan fingerprint density at radius 3 is 2.48 bits per heavy atom. The Hall–Kier alpha value is -2.24. The first-order chi connectivity index (χ1) is 12.0. The van der Waals surface area contributed by atoms with Crippen molar-refractivity contribution in [3.8, 4) is 0 Å². The monoisotopic (exact) mass is 346 g/mol. The summed E-state index contributed by atoms with van der Waals surface area (Å²) in [5.74, 6) is 0.472. The van der Waals surface area contributed by atoms with Crippen LogP contribution >= 0.6 is 0 Å². The maximum absolute atomic E-state index is 12.6. The number of anilines is 2. The summed E-state index contributed by atoms with van der Waals surface area (Å²) in [5.41, 5.74) is 2.84. The van der Waals surface area contributed by atoms with E-state index in [1.807, 2.05) is 49.0 Å². The first-order valence-electron chi connectivity index (χ1n) is 9.10. The van der Waals surface area contributed by atoms with Gasteiger partial charge in [0.25, 0.3) is 0 Å². The molecule has 1 fully saturated rings. The molecule has 0 heterocycles. The Bertz CT molecular complexity index is 611. The maximum Gasteiger partial charge on any atom is 0.319 e. The van der Waals surface area contributed by atoms with Crippen LogP contribution in [0.15, 0.2) is 18.2 Å². The molecule has 0 atom stereocenters. The summed E-state index contributed by atoms with van der Waals surface area (Å²) in [6.07, 6.45) is 2.96. The Kier molecular flexibility index (Phi) is 6.67. The normalized spacial score (nSPS) is 13.3. The minimum Gasteiger partial charge on any atom is -0.377 e. The van der Waals surface area contributed by atoms with E-state index < -0.39 is 0 Å². The van der Waals surface area contributed by atoms with Gasteiger partial charge in [0.15, 0.2) is 0 Å². The van der Waals surface area contributed by atoms with Gasteiger partial charge in [0.05, 0.1) is 0 Å². The predicted octanol–water partition coefficient (Wildman–Crippen LogP) is 3.04. The molecule has 0 saturated heterocycles. The summed E-state index contributed by atoms with van der Waals surface area (Å²) in [4.78, 5) is 28.3. The van der Waals surface area contributed by atoms with E-state index in [1.165, 1.54) is 0 Å². The van der Waals surface area contributed by atoms with E-state index in [4.69, 9.17) is 0 Å². The largest absolute Gasteiger partial charge is 0.377 e. The van der Waals surface area contributed by atoms with Crippen molar-refractivity contribution in [1.29, 1.82) is 0 Å². The molecule has 25 heavy (non-hydrogen) atoms. The Balaban J connectivity index is 2.21. The highest BCUT2D eigenvalue weighted by Crippen LogP contribution is 2.32. The number of amides is 3. The zero-order valence-corrected chi connectivity index (χ0v) is 15.8. The quantitative estimate of drug-likeness (QED) is 0.760. The van der Waals surface area contributed by atoms with Gasteiger partial charge in [0.2, 0.25) is 5.91 Å². The van der Waals surface area contributed by atoms with Crippen LogP contribution in [0.3, 0.4) is 0 Å². The van der Waals surface area contributed by atoms with Gasteiger partial charge in [-0.25, -0.2) is 4.79 Å². The Morgan fingerprint density at radius 2 is 1.92 bits per heavy atom. The van der Waals surface area contributed by atoms with E-state index in [0.717, 1.165) is 42.7 Å². The number of rotatable bonds is 8. The van der Waals surface area contributed by atoms with Crippen molar-refractivity contribution >= 4 is 23.3 Å². The molecule has 1 aromatic carbocycles. The zero-order valence-electron chi connectivity index (χ0n) is 15.8. The van der Waals surface area contributed by atoms with Crippen molar-refractivity contribution in [3.05, 3.63) is 23.8 Å². The molecule has 3 amide bonds. The fourth-order valence-corrected chi connectivity index (χ4v) is 2.89. The summed E-state index contributed by atoms with van der Waals surface area (Å²) < 4.78 is 0. The van der Waals surface area contributed by atoms with Crippen LogP contribution in [0.4, 0.5) is 16.2 Å². The van der Waals surface area contributed by atoms with Crippen molar-refractivity contribution in [1.82, 2.24) is 10.2 Å². The van der Waals surface area contributed by atoms with Crippen molar-refractivity contribution in [3.63, 3.8) is 0 Å². The number of nitrogens with zero attached hydrogens (tertiary/aromatic N) is 2. The van der Waals surface area contributed by atoms with Gasteiger partial charge in [0.1, 0.15) is 0 Å². The third-order valence-electron chi connectivity index (χ3n) is 4.25. The van der Waals surface area contributed by atoms with Gasteiger partial charge in [-0.3, -0.25) is 4.79 Å². The van der Waals surface area contributed by atoms with Crippen LogP contribution < -0.4 is 15.5 Å². The molecule has 1 aromatic rings. The van der Waals surface area contributed by atoms with Crippen LogP contribution in [-0.2, 0) is 11.3 Å². The molecule has 0 unspecified atom stereocenters. The van der Waals surface area contributed by atoms with Gasteiger partial charge in [-0.05, 0) is 49.9 Å². The lowest BCUT2D eigenvalue weighted by atomic mass is 10.1. The third kappa shape index (κ3) is 5.37. The van der Waals surface area contributed by atoms with Gasteiger partial charge in [-0.15, -0.1) is 0 Å². The zero-order chi connectivity index (χ0) is 18.4. The standard InChI is InChI=1S/C19H30N4O2/c1-5-11-23(18(24)14-7-8-14)13-15-12-16(21-19(25)20-6-2)9-10-17(15)22(3)4/h9-10,12,14H,5-8,11,13H2,1-4H3,(H2,20,21,25). The molecule has 0 radical (unpaired) electrons. The number of nitrogens with one attached hydrogen (secondary N) is 2. The molecule has 6 heteroatoms. The second-order valence-corrected chi connectivity index (χ2v) is 6.76. The van der Waals surface area contributed by atoms with Crippen LogP contribution in [0, 0.1) is 5.92 Å². The number of carbonyl (C=O) groups is 2. The molecular weight excluding hydrogens is 316 g/mol. The van der Waals surface area contributed by atoms with Crippen LogP contribution in [0.5, 0.6) is 0 Å².